The first-order valence-corrected chi connectivity index (χ1v) is 9.73. The van der Waals surface area contributed by atoms with Crippen LogP contribution in [0.3, 0.4) is 0 Å². The summed E-state index contributed by atoms with van der Waals surface area (Å²) in [7, 11) is 3.84. The molecule has 0 aliphatic heterocycles. The Kier molecular flexibility index (Phi) is 4.63. The van der Waals surface area contributed by atoms with Crippen LogP contribution in [0, 0.1) is 23.7 Å². The molecule has 140 valence electrons. The second-order valence-corrected chi connectivity index (χ2v) is 8.54. The molecule has 4 bridgehead atoms. The molecule has 0 spiro atoms. The maximum atomic E-state index is 12.3. The molecule has 0 aromatic heterocycles. The third kappa shape index (κ3) is 3.44. The van der Waals surface area contributed by atoms with Gasteiger partial charge in [0, 0.05) is 25.8 Å². The lowest BCUT2D eigenvalue weighted by Crippen LogP contribution is -2.56. The fraction of sp³-hybridized carbons (Fsp3) is 0.619. The highest BCUT2D eigenvalue weighted by Crippen LogP contribution is 2.53. The zero-order chi connectivity index (χ0) is 18.3. The lowest BCUT2D eigenvalue weighted by Gasteiger charge is -2.54. The van der Waals surface area contributed by atoms with Gasteiger partial charge in [0.05, 0.1) is 5.56 Å². The number of carbonyl (C=O) groups excluding carboxylic acids is 2. The fourth-order valence-corrected chi connectivity index (χ4v) is 5.51. The Morgan fingerprint density at radius 2 is 1.73 bits per heavy atom. The Bertz CT molecular complexity index is 672. The summed E-state index contributed by atoms with van der Waals surface area (Å²) in [6.45, 7) is -0.201. The highest BCUT2D eigenvalue weighted by Gasteiger charge is 2.48. The molecule has 0 saturated heterocycles. The zero-order valence-corrected chi connectivity index (χ0v) is 15.6. The maximum absolute atomic E-state index is 12.3. The van der Waals surface area contributed by atoms with Crippen LogP contribution in [0.5, 0.6) is 0 Å². The SMILES string of the molecule is CN(C)c1cccc(C(=O)OCC(=O)NC2C3CC4CC(C3)CC2C4)c1. The number of benzene rings is 1. The van der Waals surface area contributed by atoms with Crippen molar-refractivity contribution in [3.63, 3.8) is 0 Å². The van der Waals surface area contributed by atoms with Gasteiger partial charge in [-0.05, 0) is 74.0 Å². The van der Waals surface area contributed by atoms with Crippen LogP contribution < -0.4 is 10.2 Å². The molecule has 1 N–H and O–H groups in total. The summed E-state index contributed by atoms with van der Waals surface area (Å²) in [6.07, 6.45) is 6.44. The average Bonchev–Trinajstić information content (AvgIpc) is 2.62. The normalized spacial score (nSPS) is 31.5. The van der Waals surface area contributed by atoms with Gasteiger partial charge in [-0.2, -0.15) is 0 Å². The molecule has 26 heavy (non-hydrogen) atoms. The average molecular weight is 356 g/mol. The van der Waals surface area contributed by atoms with E-state index in [2.05, 4.69) is 5.32 Å². The van der Waals surface area contributed by atoms with Gasteiger partial charge in [0.2, 0.25) is 0 Å². The first-order valence-electron chi connectivity index (χ1n) is 9.73. The van der Waals surface area contributed by atoms with Crippen LogP contribution in [-0.2, 0) is 9.53 Å². The predicted molar refractivity (Wildman–Crippen MR) is 100 cm³/mol. The van der Waals surface area contributed by atoms with Gasteiger partial charge in [-0.25, -0.2) is 4.79 Å². The number of carbonyl (C=O) groups is 2. The van der Waals surface area contributed by atoms with E-state index in [0.29, 0.717) is 17.4 Å². The molecule has 4 fully saturated rings. The van der Waals surface area contributed by atoms with Gasteiger partial charge in [-0.3, -0.25) is 4.79 Å². The number of amides is 1. The van der Waals surface area contributed by atoms with Gasteiger partial charge in [0.1, 0.15) is 0 Å². The van der Waals surface area contributed by atoms with Crippen molar-refractivity contribution >= 4 is 17.6 Å². The van der Waals surface area contributed by atoms with Crippen molar-refractivity contribution in [2.45, 2.75) is 38.1 Å². The number of nitrogens with one attached hydrogen (secondary N) is 1. The van der Waals surface area contributed by atoms with E-state index in [0.717, 1.165) is 17.5 Å². The Hall–Kier alpha value is -2.04. The van der Waals surface area contributed by atoms with Crippen LogP contribution in [0.1, 0.15) is 42.5 Å². The number of nitrogens with zero attached hydrogens (tertiary/aromatic N) is 1. The minimum Gasteiger partial charge on any atom is -0.452 e. The van der Waals surface area contributed by atoms with Crippen molar-refractivity contribution in [3.05, 3.63) is 29.8 Å². The molecular weight excluding hydrogens is 328 g/mol. The minimum absolute atomic E-state index is 0.167. The van der Waals surface area contributed by atoms with Crippen LogP contribution >= 0.6 is 0 Å². The number of anilines is 1. The van der Waals surface area contributed by atoms with E-state index >= 15 is 0 Å². The van der Waals surface area contributed by atoms with Crippen molar-refractivity contribution in [1.29, 1.82) is 0 Å². The first-order chi connectivity index (χ1) is 12.5. The fourth-order valence-electron chi connectivity index (χ4n) is 5.51. The van der Waals surface area contributed by atoms with Crippen LogP contribution in [-0.4, -0.2) is 38.6 Å². The van der Waals surface area contributed by atoms with E-state index in [1.807, 2.05) is 31.1 Å². The monoisotopic (exact) mass is 356 g/mol. The molecule has 1 aromatic rings. The third-order valence-electron chi connectivity index (χ3n) is 6.49. The van der Waals surface area contributed by atoms with Crippen molar-refractivity contribution in [2.75, 3.05) is 25.6 Å². The van der Waals surface area contributed by atoms with Gasteiger partial charge in [-0.15, -0.1) is 0 Å². The molecular formula is C21H28N2O3. The Morgan fingerprint density at radius 3 is 2.35 bits per heavy atom. The van der Waals surface area contributed by atoms with E-state index in [1.165, 1.54) is 32.1 Å². The predicted octanol–water partition coefficient (Wildman–Crippen LogP) is 2.85. The van der Waals surface area contributed by atoms with E-state index in [9.17, 15) is 9.59 Å². The molecule has 1 amide bonds. The Balaban J connectivity index is 1.30. The van der Waals surface area contributed by atoms with E-state index < -0.39 is 5.97 Å². The quantitative estimate of drug-likeness (QED) is 0.824. The van der Waals surface area contributed by atoms with Gasteiger partial charge in [-0.1, -0.05) is 6.07 Å². The number of esters is 1. The molecule has 5 rings (SSSR count). The van der Waals surface area contributed by atoms with Crippen LogP contribution in [0.25, 0.3) is 0 Å². The van der Waals surface area contributed by atoms with Gasteiger partial charge in [0.15, 0.2) is 6.61 Å². The van der Waals surface area contributed by atoms with Crippen molar-refractivity contribution in [1.82, 2.24) is 5.32 Å². The van der Waals surface area contributed by atoms with Gasteiger partial charge < -0.3 is 15.0 Å². The second-order valence-electron chi connectivity index (χ2n) is 8.54. The molecule has 5 nitrogen and oxygen atoms in total. The summed E-state index contributed by atoms with van der Waals surface area (Å²) in [6, 6.07) is 7.52. The number of ether oxygens (including phenoxy) is 1. The molecule has 0 atom stereocenters. The molecule has 4 aliphatic carbocycles. The number of rotatable bonds is 5. The van der Waals surface area contributed by atoms with E-state index in [4.69, 9.17) is 4.74 Å². The first kappa shape index (κ1) is 17.4. The van der Waals surface area contributed by atoms with Crippen molar-refractivity contribution in [3.8, 4) is 0 Å². The highest BCUT2D eigenvalue weighted by molar-refractivity contribution is 5.92. The molecule has 0 heterocycles. The molecule has 1 aromatic carbocycles. The van der Waals surface area contributed by atoms with Crippen LogP contribution in [0.2, 0.25) is 0 Å². The standard InChI is InChI=1S/C21H28N2O3/c1-23(2)18-5-3-4-15(11-18)21(25)26-12-19(24)22-20-16-7-13-6-14(9-16)10-17(20)8-13/h3-5,11,13-14,16-17,20H,6-10,12H2,1-2H3,(H,22,24). The molecule has 4 saturated carbocycles. The van der Waals surface area contributed by atoms with Crippen molar-refractivity contribution < 1.29 is 14.3 Å². The summed E-state index contributed by atoms with van der Waals surface area (Å²) < 4.78 is 5.25. The van der Waals surface area contributed by atoms with E-state index in [-0.39, 0.29) is 18.6 Å². The maximum Gasteiger partial charge on any atom is 0.338 e. The summed E-state index contributed by atoms with van der Waals surface area (Å²) in [5, 5.41) is 3.17. The summed E-state index contributed by atoms with van der Waals surface area (Å²) in [5.74, 6) is 2.40. The number of hydrogen-bond donors (Lipinski definition) is 1. The van der Waals surface area contributed by atoms with Crippen LogP contribution in [0.4, 0.5) is 5.69 Å². The molecule has 0 radical (unpaired) electrons. The highest BCUT2D eigenvalue weighted by atomic mass is 16.5. The lowest BCUT2D eigenvalue weighted by molar-refractivity contribution is -0.128. The smallest absolute Gasteiger partial charge is 0.338 e. The summed E-state index contributed by atoms with van der Waals surface area (Å²) in [4.78, 5) is 26.5. The second kappa shape index (κ2) is 6.93. The zero-order valence-electron chi connectivity index (χ0n) is 15.6. The minimum atomic E-state index is -0.450. The molecule has 0 unspecified atom stereocenters. The lowest BCUT2D eigenvalue weighted by atomic mass is 9.54. The Morgan fingerprint density at radius 1 is 1.08 bits per heavy atom. The summed E-state index contributed by atoms with van der Waals surface area (Å²) >= 11 is 0. The van der Waals surface area contributed by atoms with Gasteiger partial charge >= 0.3 is 5.97 Å². The third-order valence-corrected chi connectivity index (χ3v) is 6.49. The number of hydrogen-bond acceptors (Lipinski definition) is 4. The molecule has 4 aliphatic rings. The topological polar surface area (TPSA) is 58.6 Å². The van der Waals surface area contributed by atoms with Gasteiger partial charge in [0.25, 0.3) is 5.91 Å². The summed E-state index contributed by atoms with van der Waals surface area (Å²) in [5.41, 5.74) is 1.40. The largest absolute Gasteiger partial charge is 0.452 e. The van der Waals surface area contributed by atoms with E-state index in [1.54, 1.807) is 12.1 Å². The Labute approximate surface area is 155 Å². The van der Waals surface area contributed by atoms with Crippen LogP contribution in [0.15, 0.2) is 24.3 Å². The molecule has 5 heteroatoms. The van der Waals surface area contributed by atoms with Crippen molar-refractivity contribution in [2.24, 2.45) is 23.7 Å².